The molecule has 2 heterocycles. The third-order valence-corrected chi connectivity index (χ3v) is 10.3. The number of nitrogens with zero attached hydrogens (tertiary/aromatic N) is 2. The topological polar surface area (TPSA) is 95.0 Å². The van der Waals surface area contributed by atoms with Gasteiger partial charge in [-0.05, 0) is 43.4 Å². The number of carbonyl (C=O) groups is 4. The molecule has 2 aliphatic heterocycles. The van der Waals surface area contributed by atoms with Gasteiger partial charge >= 0.3 is 0 Å². The van der Waals surface area contributed by atoms with Crippen molar-refractivity contribution in [2.75, 3.05) is 12.0 Å². The van der Waals surface area contributed by atoms with Crippen LogP contribution in [0.3, 0.4) is 0 Å². The monoisotopic (exact) mass is 646 g/mol. The first-order valence-corrected chi connectivity index (χ1v) is 14.0. The number of rotatable bonds is 4. The van der Waals surface area contributed by atoms with Gasteiger partial charge in [-0.15, -0.1) is 23.2 Å². The number of likely N-dealkylation sites (tertiary alicyclic amines) is 2. The lowest BCUT2D eigenvalue weighted by atomic mass is 9.56. The second kappa shape index (κ2) is 8.57. The van der Waals surface area contributed by atoms with Crippen molar-refractivity contribution in [1.82, 2.24) is 9.80 Å². The zero-order valence-electron chi connectivity index (χ0n) is 18.6. The molecule has 0 radical (unpaired) electrons. The van der Waals surface area contributed by atoms with Crippen LogP contribution >= 0.6 is 55.1 Å². The number of fused-ring (bicyclic) bond motifs is 4. The van der Waals surface area contributed by atoms with Gasteiger partial charge < -0.3 is 5.11 Å². The van der Waals surface area contributed by atoms with E-state index in [1.165, 1.54) is 11.0 Å². The molecule has 0 spiro atoms. The number of allylic oxidation sites excluding steroid dienone is 2. The lowest BCUT2D eigenvalue weighted by Gasteiger charge is -2.50. The number of phenols is 1. The molecule has 0 aromatic heterocycles. The van der Waals surface area contributed by atoms with E-state index >= 15 is 0 Å². The SMILES string of the molecule is CCCN1C(=O)C2CC=C3C(CC4(Cl)C(=O)N(CBr)C(=O)C4(Cl)C3c3cc(Br)ccc3O)C2C1=O. The molecule has 2 saturated heterocycles. The van der Waals surface area contributed by atoms with Gasteiger partial charge in [0.15, 0.2) is 9.75 Å². The molecule has 6 atom stereocenters. The van der Waals surface area contributed by atoms with E-state index < -0.39 is 45.2 Å². The van der Waals surface area contributed by atoms with Crippen molar-refractivity contribution in [2.45, 2.75) is 41.9 Å². The molecule has 35 heavy (non-hydrogen) atoms. The predicted octanol–water partition coefficient (Wildman–Crippen LogP) is 4.28. The van der Waals surface area contributed by atoms with Gasteiger partial charge in [0.2, 0.25) is 11.8 Å². The van der Waals surface area contributed by atoms with Gasteiger partial charge in [-0.3, -0.25) is 29.0 Å². The summed E-state index contributed by atoms with van der Waals surface area (Å²) in [6.07, 6.45) is 2.73. The maximum Gasteiger partial charge on any atom is 0.254 e. The number of hydrogen-bond acceptors (Lipinski definition) is 5. The van der Waals surface area contributed by atoms with Gasteiger partial charge in [0.05, 0.1) is 17.3 Å². The van der Waals surface area contributed by atoms with Gasteiger partial charge in [0.1, 0.15) is 5.75 Å². The highest BCUT2D eigenvalue weighted by molar-refractivity contribution is 9.10. The molecule has 1 aromatic carbocycles. The molecule has 1 aromatic rings. The average Bonchev–Trinajstić information content (AvgIpc) is 3.14. The summed E-state index contributed by atoms with van der Waals surface area (Å²) in [5, 5.41) is 10.9. The molecule has 1 N–H and O–H groups in total. The Kier molecular flexibility index (Phi) is 6.18. The normalized spacial score (nSPS) is 36.3. The number of aromatic hydroxyl groups is 1. The Morgan fingerprint density at radius 3 is 2.46 bits per heavy atom. The average molecular weight is 649 g/mol. The molecule has 5 rings (SSSR count). The van der Waals surface area contributed by atoms with Gasteiger partial charge in [0.25, 0.3) is 11.8 Å². The summed E-state index contributed by atoms with van der Waals surface area (Å²) in [6.45, 7) is 2.22. The van der Waals surface area contributed by atoms with Gasteiger partial charge in [-0.25, -0.2) is 0 Å². The molecule has 4 aliphatic rings. The first-order chi connectivity index (χ1) is 16.5. The molecule has 4 amide bonds. The van der Waals surface area contributed by atoms with Crippen LogP contribution in [0, 0.1) is 17.8 Å². The first-order valence-electron chi connectivity index (χ1n) is 11.4. The molecule has 11 heteroatoms. The van der Waals surface area contributed by atoms with Crippen molar-refractivity contribution >= 4 is 78.7 Å². The van der Waals surface area contributed by atoms with Crippen LogP contribution < -0.4 is 0 Å². The smallest absolute Gasteiger partial charge is 0.254 e. The Morgan fingerprint density at radius 1 is 1.09 bits per heavy atom. The van der Waals surface area contributed by atoms with Crippen LogP contribution in [0.15, 0.2) is 34.3 Å². The van der Waals surface area contributed by atoms with E-state index in [1.54, 1.807) is 12.1 Å². The molecule has 186 valence electrons. The first kappa shape index (κ1) is 25.2. The molecule has 3 fully saturated rings. The Labute approximate surface area is 229 Å². The number of hydrogen-bond donors (Lipinski definition) is 1. The van der Waals surface area contributed by atoms with E-state index in [0.717, 1.165) is 4.90 Å². The molecule has 7 nitrogen and oxygen atoms in total. The summed E-state index contributed by atoms with van der Waals surface area (Å²) in [7, 11) is 0. The summed E-state index contributed by atoms with van der Waals surface area (Å²) < 4.78 is 0.637. The highest BCUT2D eigenvalue weighted by Gasteiger charge is 2.76. The van der Waals surface area contributed by atoms with Crippen molar-refractivity contribution in [3.05, 3.63) is 39.9 Å². The van der Waals surface area contributed by atoms with Crippen LogP contribution in [0.2, 0.25) is 0 Å². The fourth-order valence-electron chi connectivity index (χ4n) is 6.36. The van der Waals surface area contributed by atoms with Crippen molar-refractivity contribution < 1.29 is 24.3 Å². The maximum atomic E-state index is 13.7. The van der Waals surface area contributed by atoms with Crippen LogP contribution in [0.4, 0.5) is 0 Å². The van der Waals surface area contributed by atoms with Crippen molar-refractivity contribution in [3.8, 4) is 5.75 Å². The zero-order chi connectivity index (χ0) is 25.4. The van der Waals surface area contributed by atoms with E-state index in [4.69, 9.17) is 23.2 Å². The quantitative estimate of drug-likeness (QED) is 0.228. The van der Waals surface area contributed by atoms with Crippen LogP contribution in [-0.2, 0) is 19.2 Å². The fourth-order valence-corrected chi connectivity index (χ4v) is 8.16. The third-order valence-electron chi connectivity index (χ3n) is 7.85. The lowest BCUT2D eigenvalue weighted by molar-refractivity contribution is -0.141. The van der Waals surface area contributed by atoms with Crippen molar-refractivity contribution in [1.29, 1.82) is 0 Å². The van der Waals surface area contributed by atoms with Gasteiger partial charge in [-0.1, -0.05) is 50.4 Å². The molecule has 6 unspecified atom stereocenters. The number of amides is 4. The summed E-state index contributed by atoms with van der Waals surface area (Å²) in [6, 6.07) is 4.77. The highest BCUT2D eigenvalue weighted by atomic mass is 79.9. The molecule has 2 aliphatic carbocycles. The summed E-state index contributed by atoms with van der Waals surface area (Å²) >= 11 is 20.8. The molecular formula is C24H22Br2Cl2N2O5. The molecule has 1 saturated carbocycles. The molecule has 0 bridgehead atoms. The lowest BCUT2D eigenvalue weighted by Crippen LogP contribution is -2.60. The largest absolute Gasteiger partial charge is 0.508 e. The number of phenolic OH excluding ortho intramolecular Hbond substituents is 1. The number of carbonyl (C=O) groups excluding carboxylic acids is 4. The van der Waals surface area contributed by atoms with E-state index in [0.29, 0.717) is 35.0 Å². The number of halogens is 4. The minimum atomic E-state index is -1.93. The van der Waals surface area contributed by atoms with Crippen molar-refractivity contribution in [3.63, 3.8) is 0 Å². The van der Waals surface area contributed by atoms with Gasteiger partial charge in [0, 0.05) is 22.5 Å². The second-order valence-electron chi connectivity index (χ2n) is 9.52. The summed E-state index contributed by atoms with van der Waals surface area (Å²) in [4.78, 5) is 52.2. The van der Waals surface area contributed by atoms with E-state index in [1.807, 2.05) is 13.0 Å². The fraction of sp³-hybridized carbons (Fsp3) is 0.500. The minimum Gasteiger partial charge on any atom is -0.508 e. The van der Waals surface area contributed by atoms with Crippen LogP contribution in [0.25, 0.3) is 0 Å². The number of benzene rings is 1. The van der Waals surface area contributed by atoms with E-state index in [2.05, 4.69) is 31.9 Å². The summed E-state index contributed by atoms with van der Waals surface area (Å²) in [5.74, 6) is -4.77. The second-order valence-corrected chi connectivity index (χ2v) is 12.2. The number of alkyl halides is 3. The minimum absolute atomic E-state index is 0.0661. The van der Waals surface area contributed by atoms with E-state index in [-0.39, 0.29) is 29.4 Å². The van der Waals surface area contributed by atoms with Crippen molar-refractivity contribution in [2.24, 2.45) is 17.8 Å². The predicted molar refractivity (Wildman–Crippen MR) is 136 cm³/mol. The molecular weight excluding hydrogens is 627 g/mol. The Balaban J connectivity index is 1.74. The van der Waals surface area contributed by atoms with Crippen LogP contribution in [0.5, 0.6) is 5.75 Å². The Hall–Kier alpha value is -1.42. The van der Waals surface area contributed by atoms with Crippen LogP contribution in [-0.4, -0.2) is 60.3 Å². The maximum absolute atomic E-state index is 13.7. The summed E-state index contributed by atoms with van der Waals surface area (Å²) in [5.41, 5.74) is 0.888. The standard InChI is InChI=1S/C24H22Br2Cl2N2O5/c1-2-7-29-19(32)13-5-4-12-15(17(13)20(29)33)9-23(27)21(34)30(10-25)22(35)24(23,28)18(12)14-8-11(26)3-6-16(14)31/h3-4,6,8,13,15,17-18,31H,2,5,7,9-10H2,1H3. The zero-order valence-corrected chi connectivity index (χ0v) is 23.3. The Morgan fingerprint density at radius 2 is 1.80 bits per heavy atom. The highest BCUT2D eigenvalue weighted by Crippen LogP contribution is 2.66. The van der Waals surface area contributed by atoms with E-state index in [9.17, 15) is 24.3 Å². The Bertz CT molecular complexity index is 1210. The number of imide groups is 2. The third kappa shape index (κ3) is 3.20. The van der Waals surface area contributed by atoms with Gasteiger partial charge in [-0.2, -0.15) is 0 Å². The van der Waals surface area contributed by atoms with Crippen LogP contribution in [0.1, 0.15) is 37.7 Å².